The zero-order chi connectivity index (χ0) is 12.1. The van der Waals surface area contributed by atoms with E-state index in [1.807, 2.05) is 29.5 Å². The summed E-state index contributed by atoms with van der Waals surface area (Å²) in [6, 6.07) is 0. The summed E-state index contributed by atoms with van der Waals surface area (Å²) in [4.78, 5) is 26.8. The maximum absolute atomic E-state index is 11.6. The highest BCUT2D eigenvalue weighted by atomic mass is 127. The van der Waals surface area contributed by atoms with Gasteiger partial charge in [0, 0.05) is 6.54 Å². The summed E-state index contributed by atoms with van der Waals surface area (Å²) in [5.74, 6) is -0.205. The Kier molecular flexibility index (Phi) is 5.20. The van der Waals surface area contributed by atoms with E-state index in [0.717, 1.165) is 6.42 Å². The van der Waals surface area contributed by atoms with Crippen molar-refractivity contribution in [1.82, 2.24) is 14.9 Å². The first-order valence-corrected chi connectivity index (χ1v) is 6.19. The summed E-state index contributed by atoms with van der Waals surface area (Å²) in [5.41, 5.74) is -0.299. The van der Waals surface area contributed by atoms with Crippen LogP contribution in [0.3, 0.4) is 0 Å². The van der Waals surface area contributed by atoms with Crippen LogP contribution >= 0.6 is 34.2 Å². The zero-order valence-corrected chi connectivity index (χ0v) is 11.6. The van der Waals surface area contributed by atoms with Gasteiger partial charge in [0.1, 0.15) is 15.3 Å². The highest BCUT2D eigenvalue weighted by Crippen LogP contribution is 2.09. The van der Waals surface area contributed by atoms with Crippen LogP contribution in [-0.2, 0) is 11.3 Å². The van der Waals surface area contributed by atoms with Gasteiger partial charge in [0.25, 0.3) is 5.56 Å². The molecule has 7 heteroatoms. The number of carbonyl (C=O) groups excluding carboxylic acids is 1. The summed E-state index contributed by atoms with van der Waals surface area (Å²) in [7, 11) is 0. The van der Waals surface area contributed by atoms with Crippen LogP contribution in [0.25, 0.3) is 0 Å². The fourth-order valence-electron chi connectivity index (χ4n) is 1.03. The van der Waals surface area contributed by atoms with E-state index < -0.39 is 0 Å². The quantitative estimate of drug-likeness (QED) is 0.648. The van der Waals surface area contributed by atoms with Crippen molar-refractivity contribution in [3.8, 4) is 0 Å². The van der Waals surface area contributed by atoms with Crippen LogP contribution in [0.4, 0.5) is 0 Å². The maximum Gasteiger partial charge on any atom is 0.268 e. The van der Waals surface area contributed by atoms with Gasteiger partial charge in [-0.3, -0.25) is 14.2 Å². The number of hydrogen-bond donors (Lipinski definition) is 1. The summed E-state index contributed by atoms with van der Waals surface area (Å²) in [5, 5.41) is 2.84. The third-order valence-electron chi connectivity index (χ3n) is 1.83. The molecule has 0 aliphatic rings. The van der Waals surface area contributed by atoms with Gasteiger partial charge in [-0.2, -0.15) is 0 Å². The minimum absolute atomic E-state index is 0.0288. The third kappa shape index (κ3) is 3.44. The minimum atomic E-state index is -0.299. The predicted molar refractivity (Wildman–Crippen MR) is 69.5 cm³/mol. The van der Waals surface area contributed by atoms with Gasteiger partial charge in [-0.25, -0.2) is 4.98 Å². The molecule has 0 atom stereocenters. The lowest BCUT2D eigenvalue weighted by Crippen LogP contribution is -2.33. The molecule has 1 amide bonds. The summed E-state index contributed by atoms with van der Waals surface area (Å²) in [6.07, 6.45) is 2.13. The van der Waals surface area contributed by atoms with E-state index in [1.165, 1.54) is 10.9 Å². The fourth-order valence-corrected chi connectivity index (χ4v) is 1.61. The molecular formula is C9H11ClIN3O2. The number of rotatable bonds is 4. The summed E-state index contributed by atoms with van der Waals surface area (Å²) < 4.78 is 1.56. The largest absolute Gasteiger partial charge is 0.355 e. The van der Waals surface area contributed by atoms with Crippen LogP contribution in [-0.4, -0.2) is 22.0 Å². The van der Waals surface area contributed by atoms with Crippen molar-refractivity contribution in [2.24, 2.45) is 0 Å². The Labute approximate surface area is 111 Å². The number of nitrogens with zero attached hydrogens (tertiary/aromatic N) is 2. The third-order valence-corrected chi connectivity index (χ3v) is 3.40. The van der Waals surface area contributed by atoms with E-state index in [0.29, 0.717) is 10.1 Å². The number of amides is 1. The van der Waals surface area contributed by atoms with E-state index in [-0.39, 0.29) is 23.2 Å². The first-order chi connectivity index (χ1) is 7.56. The predicted octanol–water partition coefficient (Wildman–Crippen LogP) is 1.03. The Morgan fingerprint density at radius 2 is 2.38 bits per heavy atom. The number of hydrogen-bond acceptors (Lipinski definition) is 3. The van der Waals surface area contributed by atoms with Gasteiger partial charge in [0.05, 0.1) is 6.33 Å². The topological polar surface area (TPSA) is 64.0 Å². The second kappa shape index (κ2) is 6.19. The van der Waals surface area contributed by atoms with Gasteiger partial charge in [-0.05, 0) is 29.0 Å². The first-order valence-electron chi connectivity index (χ1n) is 4.73. The Bertz CT molecular complexity index is 447. The molecule has 0 saturated carbocycles. The van der Waals surface area contributed by atoms with Crippen LogP contribution in [0, 0.1) is 3.57 Å². The van der Waals surface area contributed by atoms with Crippen molar-refractivity contribution in [2.75, 3.05) is 6.54 Å². The van der Waals surface area contributed by atoms with Crippen LogP contribution in [0.5, 0.6) is 0 Å². The molecule has 1 heterocycles. The highest BCUT2D eigenvalue weighted by molar-refractivity contribution is 14.1. The Morgan fingerprint density at radius 3 is 3.00 bits per heavy atom. The molecule has 0 unspecified atom stereocenters. The normalized spacial score (nSPS) is 10.2. The molecule has 88 valence electrons. The monoisotopic (exact) mass is 355 g/mol. The van der Waals surface area contributed by atoms with Crippen molar-refractivity contribution in [3.05, 3.63) is 25.4 Å². The van der Waals surface area contributed by atoms with Crippen molar-refractivity contribution in [2.45, 2.75) is 19.9 Å². The van der Waals surface area contributed by atoms with Gasteiger partial charge in [-0.1, -0.05) is 18.5 Å². The molecule has 0 radical (unpaired) electrons. The zero-order valence-electron chi connectivity index (χ0n) is 8.67. The Hall–Kier alpha value is -0.630. The van der Waals surface area contributed by atoms with Gasteiger partial charge < -0.3 is 5.32 Å². The maximum atomic E-state index is 11.6. The van der Waals surface area contributed by atoms with Crippen molar-refractivity contribution in [3.63, 3.8) is 0 Å². The molecule has 0 bridgehead atoms. The SMILES string of the molecule is CCCNC(=O)Cn1cnc(Cl)c(I)c1=O. The number of halogens is 2. The average Bonchev–Trinajstić information content (AvgIpc) is 2.27. The first kappa shape index (κ1) is 13.4. The molecule has 1 rings (SSSR count). The van der Waals surface area contributed by atoms with Crippen molar-refractivity contribution < 1.29 is 4.79 Å². The van der Waals surface area contributed by atoms with E-state index in [9.17, 15) is 9.59 Å². The lowest BCUT2D eigenvalue weighted by Gasteiger charge is -2.06. The van der Waals surface area contributed by atoms with Crippen molar-refractivity contribution >= 4 is 40.1 Å². The Morgan fingerprint density at radius 1 is 1.69 bits per heavy atom. The van der Waals surface area contributed by atoms with Crippen LogP contribution in [0.15, 0.2) is 11.1 Å². The molecule has 5 nitrogen and oxygen atoms in total. The van der Waals surface area contributed by atoms with Crippen molar-refractivity contribution in [1.29, 1.82) is 0 Å². The molecule has 1 aromatic heterocycles. The molecule has 0 aliphatic carbocycles. The lowest BCUT2D eigenvalue weighted by molar-refractivity contribution is -0.121. The molecule has 1 aromatic rings. The standard InChI is InChI=1S/C9H11ClIN3O2/c1-2-3-12-6(15)4-14-5-13-8(10)7(11)9(14)16/h5H,2-4H2,1H3,(H,12,15). The highest BCUT2D eigenvalue weighted by Gasteiger charge is 2.09. The van der Waals surface area contributed by atoms with Gasteiger partial charge >= 0.3 is 0 Å². The lowest BCUT2D eigenvalue weighted by atomic mass is 10.4. The molecule has 1 N–H and O–H groups in total. The molecular weight excluding hydrogens is 344 g/mol. The van der Waals surface area contributed by atoms with Crippen LogP contribution in [0.2, 0.25) is 5.15 Å². The second-order valence-electron chi connectivity index (χ2n) is 3.13. The van der Waals surface area contributed by atoms with Gasteiger partial charge in [0.15, 0.2) is 0 Å². The van der Waals surface area contributed by atoms with E-state index in [4.69, 9.17) is 11.6 Å². The molecule has 16 heavy (non-hydrogen) atoms. The van der Waals surface area contributed by atoms with E-state index in [1.54, 1.807) is 0 Å². The van der Waals surface area contributed by atoms with Gasteiger partial charge in [-0.15, -0.1) is 0 Å². The molecule has 0 spiro atoms. The molecule has 0 aliphatic heterocycles. The van der Waals surface area contributed by atoms with E-state index in [2.05, 4.69) is 10.3 Å². The number of carbonyl (C=O) groups is 1. The smallest absolute Gasteiger partial charge is 0.268 e. The van der Waals surface area contributed by atoms with Gasteiger partial charge in [0.2, 0.25) is 5.91 Å². The molecule has 0 aromatic carbocycles. The molecule has 0 saturated heterocycles. The second-order valence-corrected chi connectivity index (χ2v) is 4.57. The van der Waals surface area contributed by atoms with Crippen LogP contribution < -0.4 is 10.9 Å². The van der Waals surface area contributed by atoms with E-state index >= 15 is 0 Å². The number of nitrogens with one attached hydrogen (secondary N) is 1. The summed E-state index contributed by atoms with van der Waals surface area (Å²) >= 11 is 7.48. The number of aromatic nitrogens is 2. The minimum Gasteiger partial charge on any atom is -0.355 e. The van der Waals surface area contributed by atoms with Crippen LogP contribution in [0.1, 0.15) is 13.3 Å². The average molecular weight is 356 g/mol. The summed E-state index contributed by atoms with van der Waals surface area (Å²) in [6.45, 7) is 2.53. The Balaban J connectivity index is 2.79. The fraction of sp³-hybridized carbons (Fsp3) is 0.444. The molecule has 0 fully saturated rings.